The van der Waals surface area contributed by atoms with E-state index in [0.29, 0.717) is 5.69 Å². The van der Waals surface area contributed by atoms with E-state index in [1.165, 1.54) is 6.07 Å². The van der Waals surface area contributed by atoms with Crippen LogP contribution in [0.1, 0.15) is 41.5 Å². The topological polar surface area (TPSA) is 106 Å². The molecular formula is C17H23N4O5+. The van der Waals surface area contributed by atoms with Crippen molar-refractivity contribution < 1.29 is 23.9 Å². The molecule has 0 spiro atoms. The molecule has 1 aromatic carbocycles. The van der Waals surface area contributed by atoms with Crippen LogP contribution < -0.4 is 9.91 Å². The van der Waals surface area contributed by atoms with Gasteiger partial charge in [0.1, 0.15) is 11.2 Å². The van der Waals surface area contributed by atoms with Gasteiger partial charge in [-0.1, -0.05) is 17.2 Å². The number of imide groups is 2. The second-order valence-corrected chi connectivity index (χ2v) is 7.73. The highest BCUT2D eigenvalue weighted by molar-refractivity contribution is 6.11. The second kappa shape index (κ2) is 6.49. The number of urea groups is 1. The summed E-state index contributed by atoms with van der Waals surface area (Å²) in [5.74, 6) is 0. The molecule has 0 fully saturated rings. The number of carbonyl (C=O) groups excluding carboxylic acids is 3. The van der Waals surface area contributed by atoms with Gasteiger partial charge in [-0.3, -0.25) is 0 Å². The average molecular weight is 363 g/mol. The minimum Gasteiger partial charge on any atom is -0.443 e. The van der Waals surface area contributed by atoms with Crippen LogP contribution in [0.25, 0.3) is 0 Å². The molecule has 4 amide bonds. The zero-order chi connectivity index (χ0) is 19.8. The fourth-order valence-electron chi connectivity index (χ4n) is 2.15. The molecular weight excluding hydrogens is 340 g/mol. The molecule has 0 aliphatic carbocycles. The normalized spacial score (nSPS) is 18.8. The summed E-state index contributed by atoms with van der Waals surface area (Å²) in [7, 11) is 0. The molecule has 1 heterocycles. The molecule has 1 aliphatic heterocycles. The monoisotopic (exact) mass is 363 g/mol. The van der Waals surface area contributed by atoms with Gasteiger partial charge >= 0.3 is 18.2 Å². The van der Waals surface area contributed by atoms with E-state index in [2.05, 4.69) is 10.3 Å². The Bertz CT molecular complexity index is 776. The first kappa shape index (κ1) is 19.5. The van der Waals surface area contributed by atoms with E-state index in [4.69, 9.17) is 9.47 Å². The molecule has 2 rings (SSSR count). The van der Waals surface area contributed by atoms with Gasteiger partial charge < -0.3 is 9.47 Å². The minimum absolute atomic E-state index is 0.183. The molecule has 26 heavy (non-hydrogen) atoms. The predicted molar refractivity (Wildman–Crippen MR) is 93.8 cm³/mol. The number of carbonyl (C=O) groups is 3. The summed E-state index contributed by atoms with van der Waals surface area (Å²) in [6.45, 7) is 9.94. The first-order valence-electron chi connectivity index (χ1n) is 8.05. The van der Waals surface area contributed by atoms with E-state index in [-0.39, 0.29) is 5.69 Å². The molecule has 9 heteroatoms. The van der Waals surface area contributed by atoms with E-state index < -0.39 is 34.0 Å². The first-order chi connectivity index (χ1) is 11.8. The minimum atomic E-state index is -1.26. The fraction of sp³-hybridized carbons (Fsp3) is 0.471. The number of quaternary nitrogens is 1. The molecule has 0 bridgehead atoms. The van der Waals surface area contributed by atoms with Crippen LogP contribution in [-0.4, -0.2) is 29.4 Å². The van der Waals surface area contributed by atoms with Gasteiger partial charge in [0, 0.05) is 10.7 Å². The number of para-hydroxylation sites is 1. The molecule has 0 aromatic heterocycles. The van der Waals surface area contributed by atoms with Gasteiger partial charge in [0.15, 0.2) is 5.69 Å². The highest BCUT2D eigenvalue weighted by Crippen LogP contribution is 2.42. The van der Waals surface area contributed by atoms with Crippen molar-refractivity contribution in [3.63, 3.8) is 0 Å². The highest BCUT2D eigenvalue weighted by Gasteiger charge is 2.58. The van der Waals surface area contributed by atoms with Crippen LogP contribution in [0.5, 0.6) is 0 Å². The number of hydrogen-bond donors (Lipinski definition) is 1. The van der Waals surface area contributed by atoms with E-state index in [1.807, 2.05) is 5.32 Å². The lowest BCUT2D eigenvalue weighted by Gasteiger charge is -2.26. The molecule has 9 nitrogen and oxygen atoms in total. The number of alkyl carbamates (subject to hydrolysis) is 1. The Morgan fingerprint density at radius 3 is 2.12 bits per heavy atom. The zero-order valence-electron chi connectivity index (χ0n) is 15.7. The summed E-state index contributed by atoms with van der Waals surface area (Å²) in [6, 6.07) is 5.41. The first-order valence-corrected chi connectivity index (χ1v) is 8.05. The molecule has 0 saturated heterocycles. The number of amides is 4. The standard InChI is InChI=1S/C17H22N4O5/c1-16(2,3)25-14(23)18-13(22)21(15(24)26-17(4,5)6)12-10-8-7-9-11(12)19-20-21/h7-10H,1-6H3/p+1. The van der Waals surface area contributed by atoms with Crippen LogP contribution in [0.4, 0.5) is 25.8 Å². The number of nitrogens with zero attached hydrogens (tertiary/aromatic N) is 3. The van der Waals surface area contributed by atoms with E-state index in [1.54, 1.807) is 59.7 Å². The van der Waals surface area contributed by atoms with Crippen LogP contribution in [0, 0.1) is 0 Å². The third-order valence-electron chi connectivity index (χ3n) is 3.08. The maximum atomic E-state index is 12.9. The van der Waals surface area contributed by atoms with Crippen LogP contribution in [-0.2, 0) is 9.47 Å². The Balaban J connectivity index is 2.41. The third kappa shape index (κ3) is 4.05. The Kier molecular flexibility index (Phi) is 4.87. The Labute approximate surface area is 151 Å². The molecule has 1 atom stereocenters. The summed E-state index contributed by atoms with van der Waals surface area (Å²) >= 11 is 0. The fourth-order valence-corrected chi connectivity index (χ4v) is 2.15. The predicted octanol–water partition coefficient (Wildman–Crippen LogP) is 4.59. The summed E-state index contributed by atoms with van der Waals surface area (Å²) in [4.78, 5) is 37.7. The zero-order valence-corrected chi connectivity index (χ0v) is 15.7. The Hall–Kier alpha value is -2.81. The molecule has 0 saturated carbocycles. The maximum absolute atomic E-state index is 12.9. The lowest BCUT2D eigenvalue weighted by atomic mass is 10.2. The van der Waals surface area contributed by atoms with Crippen molar-refractivity contribution in [3.8, 4) is 0 Å². The third-order valence-corrected chi connectivity index (χ3v) is 3.08. The van der Waals surface area contributed by atoms with E-state index in [9.17, 15) is 14.4 Å². The summed E-state index contributed by atoms with van der Waals surface area (Å²) in [6.07, 6.45) is -1.98. The number of benzene rings is 1. The van der Waals surface area contributed by atoms with Crippen molar-refractivity contribution in [2.75, 3.05) is 0 Å². The van der Waals surface area contributed by atoms with Crippen molar-refractivity contribution in [1.29, 1.82) is 0 Å². The van der Waals surface area contributed by atoms with Gasteiger partial charge in [-0.05, 0) is 47.6 Å². The second-order valence-electron chi connectivity index (χ2n) is 7.73. The SMILES string of the molecule is CC(C)(C)OC(=O)NC(=O)[N+]1(C(=O)OC(C)(C)C)N=Nc2ccccc21. The van der Waals surface area contributed by atoms with Crippen molar-refractivity contribution >= 4 is 29.6 Å². The lowest BCUT2D eigenvalue weighted by molar-refractivity contribution is 0.0319. The molecule has 1 aromatic rings. The van der Waals surface area contributed by atoms with Gasteiger partial charge in [0.25, 0.3) is 0 Å². The number of ether oxygens (including phenoxy) is 2. The van der Waals surface area contributed by atoms with Crippen LogP contribution in [0.15, 0.2) is 34.6 Å². The number of nitrogens with one attached hydrogen (secondary N) is 1. The van der Waals surface area contributed by atoms with Crippen molar-refractivity contribution in [1.82, 2.24) is 9.91 Å². The Morgan fingerprint density at radius 1 is 0.962 bits per heavy atom. The lowest BCUT2D eigenvalue weighted by Crippen LogP contribution is -2.60. The van der Waals surface area contributed by atoms with Gasteiger partial charge in [-0.15, -0.1) is 0 Å². The number of rotatable bonds is 0. The maximum Gasteiger partial charge on any atom is 0.560 e. The van der Waals surface area contributed by atoms with Gasteiger partial charge in [-0.25, -0.2) is 14.9 Å². The Morgan fingerprint density at radius 2 is 1.54 bits per heavy atom. The highest BCUT2D eigenvalue weighted by atomic mass is 16.6. The smallest absolute Gasteiger partial charge is 0.443 e. The van der Waals surface area contributed by atoms with Crippen molar-refractivity contribution in [3.05, 3.63) is 24.3 Å². The van der Waals surface area contributed by atoms with E-state index >= 15 is 0 Å². The van der Waals surface area contributed by atoms with Gasteiger partial charge in [-0.2, -0.15) is 4.79 Å². The number of hydrogen-bond acceptors (Lipinski definition) is 7. The molecule has 0 radical (unpaired) electrons. The quantitative estimate of drug-likeness (QED) is 0.679. The van der Waals surface area contributed by atoms with Gasteiger partial charge in [0.2, 0.25) is 5.69 Å². The van der Waals surface area contributed by atoms with Crippen molar-refractivity contribution in [2.24, 2.45) is 10.3 Å². The summed E-state index contributed by atoms with van der Waals surface area (Å²) < 4.78 is 9.17. The largest absolute Gasteiger partial charge is 0.560 e. The molecule has 1 aliphatic rings. The molecule has 1 unspecified atom stereocenters. The number of fused-ring (bicyclic) bond motifs is 1. The molecule has 140 valence electrons. The van der Waals surface area contributed by atoms with Gasteiger partial charge in [0.05, 0.1) is 5.22 Å². The van der Waals surface area contributed by atoms with Crippen molar-refractivity contribution in [2.45, 2.75) is 52.7 Å². The summed E-state index contributed by atoms with van der Waals surface area (Å²) in [5.41, 5.74) is -1.17. The van der Waals surface area contributed by atoms with E-state index in [0.717, 1.165) is 0 Å². The van der Waals surface area contributed by atoms with Crippen LogP contribution in [0.2, 0.25) is 0 Å². The van der Waals surface area contributed by atoms with Crippen LogP contribution in [0.3, 0.4) is 0 Å². The summed E-state index contributed by atoms with van der Waals surface area (Å²) in [5, 5.41) is 9.77. The van der Waals surface area contributed by atoms with Crippen LogP contribution >= 0.6 is 0 Å². The molecule has 1 N–H and O–H groups in total. The average Bonchev–Trinajstić information content (AvgIpc) is 2.83.